The monoisotopic (exact) mass is 280 g/mol. The summed E-state index contributed by atoms with van der Waals surface area (Å²) in [4.78, 5) is 19.4. The zero-order chi connectivity index (χ0) is 14.8. The lowest BCUT2D eigenvalue weighted by Crippen LogP contribution is -1.98. The molecule has 0 atom stereocenters. The highest BCUT2D eigenvalue weighted by atomic mass is 16.5. The van der Waals surface area contributed by atoms with E-state index in [2.05, 4.69) is 9.97 Å². The molecule has 0 radical (unpaired) electrons. The number of aromatic carboxylic acids is 1. The van der Waals surface area contributed by atoms with Gasteiger partial charge in [-0.3, -0.25) is 0 Å². The smallest absolute Gasteiger partial charge is 0.335 e. The minimum atomic E-state index is -0.993. The van der Waals surface area contributed by atoms with E-state index < -0.39 is 5.97 Å². The summed E-state index contributed by atoms with van der Waals surface area (Å²) in [6, 6.07) is 12.2. The Bertz CT molecular complexity index is 825. The van der Waals surface area contributed by atoms with Crippen molar-refractivity contribution in [3.63, 3.8) is 0 Å². The van der Waals surface area contributed by atoms with Crippen molar-refractivity contribution < 1.29 is 14.6 Å². The highest BCUT2D eigenvalue weighted by molar-refractivity contribution is 5.88. The van der Waals surface area contributed by atoms with Crippen LogP contribution in [-0.4, -0.2) is 21.0 Å². The number of nitrogens with zero attached hydrogens (tertiary/aromatic N) is 2. The molecule has 5 heteroatoms. The second-order valence-electron chi connectivity index (χ2n) is 4.58. The number of carbonyl (C=O) groups is 1. The van der Waals surface area contributed by atoms with Crippen LogP contribution < -0.4 is 4.74 Å². The van der Waals surface area contributed by atoms with Gasteiger partial charge in [-0.15, -0.1) is 0 Å². The highest BCUT2D eigenvalue weighted by Crippen LogP contribution is 2.29. The molecule has 0 fully saturated rings. The molecular weight excluding hydrogens is 268 g/mol. The van der Waals surface area contributed by atoms with Crippen LogP contribution in [-0.2, 0) is 0 Å². The summed E-state index contributed by atoms with van der Waals surface area (Å²) < 4.78 is 5.80. The maximum absolute atomic E-state index is 11.0. The number of para-hydroxylation sites is 1. The Balaban J connectivity index is 2.06. The minimum Gasteiger partial charge on any atom is -0.478 e. The van der Waals surface area contributed by atoms with Crippen molar-refractivity contribution in [3.8, 4) is 11.6 Å². The number of fused-ring (bicyclic) bond motifs is 1. The Labute approximate surface area is 120 Å². The molecule has 0 aliphatic rings. The van der Waals surface area contributed by atoms with Crippen LogP contribution in [0, 0.1) is 6.92 Å². The lowest BCUT2D eigenvalue weighted by atomic mass is 10.1. The maximum atomic E-state index is 11.0. The molecule has 0 unspecified atom stereocenters. The molecular formula is C16H12N2O3. The molecule has 0 saturated heterocycles. The number of carboxylic acids is 1. The Hall–Kier alpha value is -2.95. The standard InChI is InChI=1S/C16H12N2O3/c1-10-6-7-11(16(19)20)8-14(10)21-15-12-4-2-3-5-13(12)17-9-18-15/h2-9H,1H3,(H,19,20). The van der Waals surface area contributed by atoms with Crippen molar-refractivity contribution in [1.82, 2.24) is 9.97 Å². The zero-order valence-electron chi connectivity index (χ0n) is 11.3. The number of hydrogen-bond donors (Lipinski definition) is 1. The predicted molar refractivity (Wildman–Crippen MR) is 77.8 cm³/mol. The fourth-order valence-corrected chi connectivity index (χ4v) is 2.01. The molecule has 0 saturated carbocycles. The molecule has 2 aromatic carbocycles. The van der Waals surface area contributed by atoms with E-state index in [0.717, 1.165) is 16.5 Å². The predicted octanol–water partition coefficient (Wildman–Crippen LogP) is 3.43. The van der Waals surface area contributed by atoms with Gasteiger partial charge >= 0.3 is 5.97 Å². The van der Waals surface area contributed by atoms with Crippen molar-refractivity contribution in [1.29, 1.82) is 0 Å². The third-order valence-electron chi connectivity index (χ3n) is 3.15. The highest BCUT2D eigenvalue weighted by Gasteiger charge is 2.10. The fourth-order valence-electron chi connectivity index (χ4n) is 2.01. The largest absolute Gasteiger partial charge is 0.478 e. The minimum absolute atomic E-state index is 0.175. The molecule has 0 bridgehead atoms. The molecule has 1 aromatic heterocycles. The Kier molecular flexibility index (Phi) is 3.23. The van der Waals surface area contributed by atoms with E-state index in [9.17, 15) is 4.79 Å². The van der Waals surface area contributed by atoms with E-state index in [4.69, 9.17) is 9.84 Å². The van der Waals surface area contributed by atoms with E-state index in [1.165, 1.54) is 12.4 Å². The number of aromatic nitrogens is 2. The average molecular weight is 280 g/mol. The van der Waals surface area contributed by atoms with E-state index in [0.29, 0.717) is 11.6 Å². The molecule has 104 valence electrons. The van der Waals surface area contributed by atoms with Gasteiger partial charge in [-0.2, -0.15) is 0 Å². The number of aryl methyl sites for hydroxylation is 1. The first-order valence-corrected chi connectivity index (χ1v) is 6.36. The first-order chi connectivity index (χ1) is 10.1. The van der Waals surface area contributed by atoms with Crippen LogP contribution in [0.4, 0.5) is 0 Å². The Morgan fingerprint density at radius 1 is 1.14 bits per heavy atom. The molecule has 5 nitrogen and oxygen atoms in total. The van der Waals surface area contributed by atoms with Crippen molar-refractivity contribution in [2.24, 2.45) is 0 Å². The molecule has 1 heterocycles. The summed E-state index contributed by atoms with van der Waals surface area (Å²) >= 11 is 0. The average Bonchev–Trinajstić information content (AvgIpc) is 2.49. The second-order valence-corrected chi connectivity index (χ2v) is 4.58. The van der Waals surface area contributed by atoms with E-state index in [1.807, 2.05) is 31.2 Å². The summed E-state index contributed by atoms with van der Waals surface area (Å²) in [6.07, 6.45) is 1.42. The molecule has 0 aliphatic carbocycles. The summed E-state index contributed by atoms with van der Waals surface area (Å²) in [6.45, 7) is 1.85. The first kappa shape index (κ1) is 13.1. The molecule has 0 amide bonds. The zero-order valence-corrected chi connectivity index (χ0v) is 11.3. The van der Waals surface area contributed by atoms with Crippen LogP contribution in [0.25, 0.3) is 10.9 Å². The molecule has 3 rings (SSSR count). The SMILES string of the molecule is Cc1ccc(C(=O)O)cc1Oc1ncnc2ccccc12. The van der Waals surface area contributed by atoms with Gasteiger partial charge < -0.3 is 9.84 Å². The quantitative estimate of drug-likeness (QED) is 0.795. The summed E-state index contributed by atoms with van der Waals surface area (Å²) in [5.41, 5.74) is 1.78. The third kappa shape index (κ3) is 2.53. The summed E-state index contributed by atoms with van der Waals surface area (Å²) in [5, 5.41) is 9.83. The van der Waals surface area contributed by atoms with Crippen LogP contribution in [0.15, 0.2) is 48.8 Å². The Morgan fingerprint density at radius 2 is 1.95 bits per heavy atom. The van der Waals surface area contributed by atoms with Crippen LogP contribution >= 0.6 is 0 Å². The normalized spacial score (nSPS) is 10.5. The number of rotatable bonds is 3. The van der Waals surface area contributed by atoms with Gasteiger partial charge in [0.1, 0.15) is 12.1 Å². The lowest BCUT2D eigenvalue weighted by Gasteiger charge is -2.10. The molecule has 0 spiro atoms. The van der Waals surface area contributed by atoms with Crippen molar-refractivity contribution >= 4 is 16.9 Å². The molecule has 0 aliphatic heterocycles. The van der Waals surface area contributed by atoms with Gasteiger partial charge in [-0.25, -0.2) is 14.8 Å². The van der Waals surface area contributed by atoms with Gasteiger partial charge in [0.15, 0.2) is 0 Å². The van der Waals surface area contributed by atoms with Crippen LogP contribution in [0.2, 0.25) is 0 Å². The topological polar surface area (TPSA) is 72.3 Å². The van der Waals surface area contributed by atoms with Gasteiger partial charge in [0, 0.05) is 0 Å². The molecule has 1 N–H and O–H groups in total. The number of hydrogen-bond acceptors (Lipinski definition) is 4. The maximum Gasteiger partial charge on any atom is 0.335 e. The summed E-state index contributed by atoms with van der Waals surface area (Å²) in [5.74, 6) is -0.114. The lowest BCUT2D eigenvalue weighted by molar-refractivity contribution is 0.0696. The summed E-state index contributed by atoms with van der Waals surface area (Å²) in [7, 11) is 0. The van der Waals surface area contributed by atoms with Gasteiger partial charge in [0.05, 0.1) is 16.5 Å². The van der Waals surface area contributed by atoms with Gasteiger partial charge in [0.2, 0.25) is 5.88 Å². The van der Waals surface area contributed by atoms with E-state index >= 15 is 0 Å². The van der Waals surface area contributed by atoms with Gasteiger partial charge in [0.25, 0.3) is 0 Å². The van der Waals surface area contributed by atoms with E-state index in [-0.39, 0.29) is 5.56 Å². The van der Waals surface area contributed by atoms with E-state index in [1.54, 1.807) is 12.1 Å². The van der Waals surface area contributed by atoms with Crippen molar-refractivity contribution in [3.05, 3.63) is 59.9 Å². The van der Waals surface area contributed by atoms with Crippen LogP contribution in [0.5, 0.6) is 11.6 Å². The number of benzene rings is 2. The van der Waals surface area contributed by atoms with Crippen molar-refractivity contribution in [2.75, 3.05) is 0 Å². The molecule has 3 aromatic rings. The molecule has 21 heavy (non-hydrogen) atoms. The van der Waals surface area contributed by atoms with Crippen molar-refractivity contribution in [2.45, 2.75) is 6.92 Å². The second kappa shape index (κ2) is 5.20. The Morgan fingerprint density at radius 3 is 2.76 bits per heavy atom. The van der Waals surface area contributed by atoms with Crippen LogP contribution in [0.3, 0.4) is 0 Å². The van der Waals surface area contributed by atoms with Crippen LogP contribution in [0.1, 0.15) is 15.9 Å². The van der Waals surface area contributed by atoms with Gasteiger partial charge in [-0.1, -0.05) is 18.2 Å². The number of ether oxygens (including phenoxy) is 1. The van der Waals surface area contributed by atoms with Gasteiger partial charge in [-0.05, 0) is 36.8 Å². The third-order valence-corrected chi connectivity index (χ3v) is 3.15. The number of carboxylic acid groups (broad SMARTS) is 1. The first-order valence-electron chi connectivity index (χ1n) is 6.36. The fraction of sp³-hybridized carbons (Fsp3) is 0.0625.